The van der Waals surface area contributed by atoms with Crippen molar-refractivity contribution in [3.63, 3.8) is 0 Å². The maximum absolute atomic E-state index is 13.1. The summed E-state index contributed by atoms with van der Waals surface area (Å²) in [5.41, 5.74) is 6.87. The Morgan fingerprint density at radius 3 is 2.32 bits per heavy atom. The van der Waals surface area contributed by atoms with E-state index in [1.807, 2.05) is 0 Å². The van der Waals surface area contributed by atoms with Crippen molar-refractivity contribution in [2.24, 2.45) is 11.7 Å². The molecule has 1 aliphatic rings. The van der Waals surface area contributed by atoms with Gasteiger partial charge >= 0.3 is 6.03 Å². The Morgan fingerprint density at radius 2 is 1.68 bits per heavy atom. The van der Waals surface area contributed by atoms with Crippen molar-refractivity contribution in [3.05, 3.63) is 71.0 Å². The fraction of sp³-hybridized carbons (Fsp3) is 0.286. The van der Waals surface area contributed by atoms with E-state index < -0.39 is 6.03 Å². The van der Waals surface area contributed by atoms with Crippen molar-refractivity contribution in [1.29, 1.82) is 0 Å². The van der Waals surface area contributed by atoms with Gasteiger partial charge in [0, 0.05) is 36.7 Å². The second kappa shape index (κ2) is 8.65. The predicted octanol–water partition coefficient (Wildman–Crippen LogP) is 2.73. The smallest absolute Gasteiger partial charge is 0.312 e. The number of nitrogens with one attached hydrogen (secondary N) is 1. The van der Waals surface area contributed by atoms with E-state index in [0.29, 0.717) is 37.2 Å². The average molecular weight is 383 g/mol. The molecule has 1 heterocycles. The van der Waals surface area contributed by atoms with E-state index in [1.54, 1.807) is 29.2 Å². The van der Waals surface area contributed by atoms with Crippen LogP contribution in [0.4, 0.5) is 9.18 Å². The topological polar surface area (TPSA) is 92.5 Å². The summed E-state index contributed by atoms with van der Waals surface area (Å²) in [5.74, 6) is -0.870. The molecule has 146 valence electrons. The molecular formula is C21H22FN3O3. The summed E-state index contributed by atoms with van der Waals surface area (Å²) < 4.78 is 13.1. The zero-order chi connectivity index (χ0) is 20.1. The van der Waals surface area contributed by atoms with Gasteiger partial charge in [0.2, 0.25) is 0 Å². The van der Waals surface area contributed by atoms with Crippen molar-refractivity contribution in [2.75, 3.05) is 13.1 Å². The van der Waals surface area contributed by atoms with Crippen molar-refractivity contribution < 1.29 is 18.8 Å². The number of nitrogens with two attached hydrogens (primary N) is 1. The predicted molar refractivity (Wildman–Crippen MR) is 102 cm³/mol. The van der Waals surface area contributed by atoms with Gasteiger partial charge in [0.1, 0.15) is 5.82 Å². The highest BCUT2D eigenvalue weighted by atomic mass is 19.1. The van der Waals surface area contributed by atoms with Gasteiger partial charge in [-0.1, -0.05) is 12.1 Å². The number of amides is 3. The van der Waals surface area contributed by atoms with Crippen molar-refractivity contribution in [3.8, 4) is 0 Å². The second-order valence-electron chi connectivity index (χ2n) is 6.88. The highest BCUT2D eigenvalue weighted by molar-refractivity contribution is 5.99. The molecule has 1 atom stereocenters. The number of carbonyl (C=O) groups excluding carboxylic acids is 3. The molecule has 0 radical (unpaired) electrons. The van der Waals surface area contributed by atoms with Crippen LogP contribution >= 0.6 is 0 Å². The summed E-state index contributed by atoms with van der Waals surface area (Å²) in [7, 11) is 0. The van der Waals surface area contributed by atoms with E-state index in [9.17, 15) is 18.8 Å². The molecule has 28 heavy (non-hydrogen) atoms. The third-order valence-corrected chi connectivity index (χ3v) is 4.88. The lowest BCUT2D eigenvalue weighted by Crippen LogP contribution is -2.42. The minimum atomic E-state index is -0.606. The first-order chi connectivity index (χ1) is 13.4. The molecule has 0 saturated carbocycles. The van der Waals surface area contributed by atoms with Gasteiger partial charge in [0.15, 0.2) is 5.78 Å². The second-order valence-corrected chi connectivity index (χ2v) is 6.88. The first-order valence-electron chi connectivity index (χ1n) is 9.15. The van der Waals surface area contributed by atoms with E-state index in [0.717, 1.165) is 12.0 Å². The summed E-state index contributed by atoms with van der Waals surface area (Å²) in [6.07, 6.45) is 1.45. The molecule has 6 nitrogen and oxygen atoms in total. The Morgan fingerprint density at radius 1 is 1.04 bits per heavy atom. The summed E-state index contributed by atoms with van der Waals surface area (Å²) in [6.45, 7) is 1.23. The first kappa shape index (κ1) is 19.5. The van der Waals surface area contributed by atoms with Crippen LogP contribution in [0.1, 0.15) is 39.1 Å². The van der Waals surface area contributed by atoms with Gasteiger partial charge in [-0.25, -0.2) is 9.18 Å². The van der Waals surface area contributed by atoms with Crippen molar-refractivity contribution >= 4 is 17.7 Å². The van der Waals surface area contributed by atoms with Crippen LogP contribution in [0.2, 0.25) is 0 Å². The van der Waals surface area contributed by atoms with Gasteiger partial charge in [-0.3, -0.25) is 9.59 Å². The molecule has 3 amide bonds. The molecule has 2 aromatic rings. The van der Waals surface area contributed by atoms with Crippen molar-refractivity contribution in [2.45, 2.75) is 19.4 Å². The van der Waals surface area contributed by atoms with Crippen LogP contribution in [0, 0.1) is 11.7 Å². The quantitative estimate of drug-likeness (QED) is 0.778. The third kappa shape index (κ3) is 4.73. The highest BCUT2D eigenvalue weighted by Gasteiger charge is 2.29. The Hall–Kier alpha value is -3.22. The number of urea groups is 1. The van der Waals surface area contributed by atoms with E-state index in [2.05, 4.69) is 5.32 Å². The molecule has 0 bridgehead atoms. The number of rotatable bonds is 5. The van der Waals surface area contributed by atoms with E-state index in [-0.39, 0.29) is 23.4 Å². The number of nitrogens with zero attached hydrogens (tertiary/aromatic N) is 1. The Labute approximate surface area is 162 Å². The van der Waals surface area contributed by atoms with Crippen LogP contribution in [0.5, 0.6) is 0 Å². The van der Waals surface area contributed by atoms with Crippen LogP contribution in [0.3, 0.4) is 0 Å². The molecule has 2 aromatic carbocycles. The maximum atomic E-state index is 13.1. The van der Waals surface area contributed by atoms with Gasteiger partial charge in [-0.05, 0) is 54.8 Å². The lowest BCUT2D eigenvalue weighted by molar-refractivity contribution is 0.0637. The van der Waals surface area contributed by atoms with Crippen LogP contribution in [0.25, 0.3) is 0 Å². The summed E-state index contributed by atoms with van der Waals surface area (Å²) in [4.78, 5) is 37.9. The number of hydrogen-bond acceptors (Lipinski definition) is 3. The van der Waals surface area contributed by atoms with E-state index >= 15 is 0 Å². The van der Waals surface area contributed by atoms with E-state index in [4.69, 9.17) is 5.73 Å². The minimum Gasteiger partial charge on any atom is -0.352 e. The van der Waals surface area contributed by atoms with Gasteiger partial charge in [-0.15, -0.1) is 0 Å². The fourth-order valence-electron chi connectivity index (χ4n) is 3.36. The number of piperidine rings is 1. The summed E-state index contributed by atoms with van der Waals surface area (Å²) >= 11 is 0. The highest BCUT2D eigenvalue weighted by Crippen LogP contribution is 2.23. The number of Topliss-reactive ketones (excluding diaryl/α,β-unsaturated/α-hetero) is 1. The Kier molecular flexibility index (Phi) is 6.03. The molecule has 0 spiro atoms. The molecule has 1 fully saturated rings. The molecule has 3 rings (SSSR count). The first-order valence-corrected chi connectivity index (χ1v) is 9.15. The van der Waals surface area contributed by atoms with Crippen LogP contribution in [0.15, 0.2) is 48.5 Å². The molecule has 1 unspecified atom stereocenters. The van der Waals surface area contributed by atoms with Crippen LogP contribution < -0.4 is 11.1 Å². The fourth-order valence-corrected chi connectivity index (χ4v) is 3.36. The largest absolute Gasteiger partial charge is 0.352 e. The molecule has 0 aliphatic carbocycles. The maximum Gasteiger partial charge on any atom is 0.312 e. The zero-order valence-corrected chi connectivity index (χ0v) is 15.4. The number of carbonyl (C=O) groups is 3. The normalized spacial score (nSPS) is 16.5. The van der Waals surface area contributed by atoms with Gasteiger partial charge in [0.05, 0.1) is 0 Å². The number of ketones is 1. The Bertz CT molecular complexity index is 865. The van der Waals surface area contributed by atoms with E-state index in [1.165, 1.54) is 24.3 Å². The molecule has 3 N–H and O–H groups in total. The van der Waals surface area contributed by atoms with Crippen LogP contribution in [-0.2, 0) is 6.54 Å². The van der Waals surface area contributed by atoms with Gasteiger partial charge < -0.3 is 16.0 Å². The molecule has 0 aromatic heterocycles. The van der Waals surface area contributed by atoms with Gasteiger partial charge in [0.25, 0.3) is 5.91 Å². The SMILES string of the molecule is NC(=O)NCc1ccc(C(=O)N2CCCC(C(=O)c3ccc(F)cc3)C2)cc1. The monoisotopic (exact) mass is 383 g/mol. The molecule has 7 heteroatoms. The molecule has 1 aliphatic heterocycles. The standard InChI is InChI=1S/C21H22FN3O3/c22-18-9-7-15(8-10-18)19(26)17-2-1-11-25(13-17)20(27)16-5-3-14(4-6-16)12-24-21(23)28/h3-10,17H,1-2,11-13H2,(H3,23,24,28). The number of likely N-dealkylation sites (tertiary alicyclic amines) is 1. The average Bonchev–Trinajstić information content (AvgIpc) is 2.72. The number of halogens is 1. The summed E-state index contributed by atoms with van der Waals surface area (Å²) in [6, 6.07) is 11.8. The zero-order valence-electron chi connectivity index (χ0n) is 15.4. The third-order valence-electron chi connectivity index (χ3n) is 4.88. The van der Waals surface area contributed by atoms with Crippen LogP contribution in [-0.4, -0.2) is 35.7 Å². The number of hydrogen-bond donors (Lipinski definition) is 2. The lowest BCUT2D eigenvalue weighted by atomic mass is 9.89. The van der Waals surface area contributed by atoms with Gasteiger partial charge in [-0.2, -0.15) is 0 Å². The number of benzene rings is 2. The summed E-state index contributed by atoms with van der Waals surface area (Å²) in [5, 5.41) is 2.49. The molecule has 1 saturated heterocycles. The number of primary amides is 1. The minimum absolute atomic E-state index is 0.0645. The molecular weight excluding hydrogens is 361 g/mol. The lowest BCUT2D eigenvalue weighted by Gasteiger charge is -2.32. The van der Waals surface area contributed by atoms with Crippen molar-refractivity contribution in [1.82, 2.24) is 10.2 Å². The Balaban J connectivity index is 1.64.